The fraction of sp³-hybridized carbons (Fsp3) is 0.800. The van der Waals surface area contributed by atoms with Crippen LogP contribution < -0.4 is 0 Å². The first-order valence-corrected chi connectivity index (χ1v) is 16.7. The van der Waals surface area contributed by atoms with E-state index in [9.17, 15) is 13.0 Å². The number of hydrogen-bond donors (Lipinski definition) is 1. The molecule has 1 N–H and O–H groups in total. The van der Waals surface area contributed by atoms with Gasteiger partial charge in [0.1, 0.15) is 0 Å². The van der Waals surface area contributed by atoms with E-state index in [0.29, 0.717) is 151 Å². The Morgan fingerprint density at radius 2 is 0.778 bits per heavy atom. The molecule has 0 aliphatic heterocycles. The van der Waals surface area contributed by atoms with Gasteiger partial charge in [-0.2, -0.15) is 8.42 Å². The summed E-state index contributed by atoms with van der Waals surface area (Å²) in [4.78, 5) is -0.0850. The lowest BCUT2D eigenvalue weighted by atomic mass is 10.1. The van der Waals surface area contributed by atoms with Crippen molar-refractivity contribution in [3.8, 4) is 0 Å². The van der Waals surface area contributed by atoms with E-state index in [4.69, 9.17) is 52.1 Å². The Morgan fingerprint density at radius 1 is 0.489 bits per heavy atom. The second kappa shape index (κ2) is 30.1. The molecular formula is C30H54O14S. The Hall–Kier alpha value is -1.31. The Balaban J connectivity index is 1.73. The number of hydrogen-bond acceptors (Lipinski definition) is 13. The summed E-state index contributed by atoms with van der Waals surface area (Å²) >= 11 is 0. The number of methoxy groups -OCH3 is 1. The van der Waals surface area contributed by atoms with Crippen LogP contribution in [0.2, 0.25) is 0 Å². The van der Waals surface area contributed by atoms with E-state index in [0.717, 1.165) is 5.56 Å². The molecule has 0 atom stereocenters. The van der Waals surface area contributed by atoms with Gasteiger partial charge in [-0.1, -0.05) is 17.7 Å². The summed E-state index contributed by atoms with van der Waals surface area (Å²) in [6.07, 6.45) is 0.372. The first-order chi connectivity index (χ1) is 21.9. The van der Waals surface area contributed by atoms with Crippen molar-refractivity contribution < 1.29 is 65.1 Å². The zero-order chi connectivity index (χ0) is 32.7. The quantitative estimate of drug-likeness (QED) is 0.0833. The van der Waals surface area contributed by atoms with Crippen molar-refractivity contribution in [2.75, 3.05) is 146 Å². The molecule has 1 aromatic rings. The summed E-state index contributed by atoms with van der Waals surface area (Å²) in [5.41, 5.74) is 1.44. The highest BCUT2D eigenvalue weighted by molar-refractivity contribution is 7.85. The maximum absolute atomic E-state index is 11.5. The van der Waals surface area contributed by atoms with Crippen LogP contribution in [0.1, 0.15) is 11.1 Å². The van der Waals surface area contributed by atoms with Crippen molar-refractivity contribution in [3.63, 3.8) is 0 Å². The third-order valence-corrected chi connectivity index (χ3v) is 6.74. The summed E-state index contributed by atoms with van der Waals surface area (Å²) < 4.78 is 91.6. The molecule has 264 valence electrons. The van der Waals surface area contributed by atoms with Crippen LogP contribution in [0.4, 0.5) is 0 Å². The van der Waals surface area contributed by atoms with E-state index in [1.807, 2.05) is 6.92 Å². The Bertz CT molecular complexity index is 903. The standard InChI is InChI=1S/C30H54O14S/c1-28-3-4-30(45(31,32)33)29(27-28)5-6-35-9-10-37-13-14-39-17-18-41-21-22-43-25-26-44-24-23-42-20-19-40-16-15-38-12-11-36-8-7-34-2/h3-4,27H,5-26H2,1-2H3,(H,31,32,33). The number of aryl methyl sites for hydroxylation is 1. The van der Waals surface area contributed by atoms with E-state index in [2.05, 4.69) is 0 Å². The minimum absolute atomic E-state index is 0.0850. The predicted molar refractivity (Wildman–Crippen MR) is 165 cm³/mol. The highest BCUT2D eigenvalue weighted by atomic mass is 32.2. The molecule has 0 amide bonds. The van der Waals surface area contributed by atoms with Gasteiger partial charge in [-0.3, -0.25) is 4.55 Å². The summed E-state index contributed by atoms with van der Waals surface area (Å²) in [7, 11) is -2.62. The minimum Gasteiger partial charge on any atom is -0.382 e. The van der Waals surface area contributed by atoms with Crippen LogP contribution >= 0.6 is 0 Å². The zero-order valence-electron chi connectivity index (χ0n) is 27.0. The van der Waals surface area contributed by atoms with Gasteiger partial charge in [0.25, 0.3) is 10.1 Å². The van der Waals surface area contributed by atoms with Crippen LogP contribution in [-0.2, 0) is 68.6 Å². The van der Waals surface area contributed by atoms with Gasteiger partial charge in [0, 0.05) is 7.11 Å². The SMILES string of the molecule is COCCOCCOCCOCCOCCOCCOCCOCCOCCOCCOCCc1cc(C)ccc1S(=O)(=O)O. The molecule has 1 aromatic carbocycles. The molecule has 0 radical (unpaired) electrons. The van der Waals surface area contributed by atoms with Gasteiger partial charge in [0.15, 0.2) is 0 Å². The second-order valence-corrected chi connectivity index (χ2v) is 10.8. The van der Waals surface area contributed by atoms with Crippen molar-refractivity contribution in [3.05, 3.63) is 29.3 Å². The molecule has 15 heteroatoms. The predicted octanol–water partition coefficient (Wildman–Crippen LogP) is 1.60. The van der Waals surface area contributed by atoms with Crippen LogP contribution in [-0.4, -0.2) is 159 Å². The Kier molecular flexibility index (Phi) is 27.9. The average molecular weight is 671 g/mol. The van der Waals surface area contributed by atoms with Crippen molar-refractivity contribution >= 4 is 10.1 Å². The van der Waals surface area contributed by atoms with Gasteiger partial charge in [0.05, 0.1) is 144 Å². The van der Waals surface area contributed by atoms with Crippen LogP contribution in [0.3, 0.4) is 0 Å². The molecule has 0 bridgehead atoms. The Labute approximate surface area is 268 Å². The first kappa shape index (κ1) is 41.7. The zero-order valence-corrected chi connectivity index (χ0v) is 27.8. The molecule has 0 saturated carbocycles. The van der Waals surface area contributed by atoms with Crippen molar-refractivity contribution in [2.24, 2.45) is 0 Å². The van der Waals surface area contributed by atoms with Crippen LogP contribution in [0.25, 0.3) is 0 Å². The van der Waals surface area contributed by atoms with E-state index < -0.39 is 10.1 Å². The summed E-state index contributed by atoms with van der Waals surface area (Å²) in [6, 6.07) is 4.78. The number of benzene rings is 1. The van der Waals surface area contributed by atoms with Crippen LogP contribution in [0.5, 0.6) is 0 Å². The first-order valence-electron chi connectivity index (χ1n) is 15.3. The fourth-order valence-corrected chi connectivity index (χ4v) is 4.29. The van der Waals surface area contributed by atoms with E-state index in [1.165, 1.54) is 6.07 Å². The monoisotopic (exact) mass is 670 g/mol. The third kappa shape index (κ3) is 26.5. The topological polar surface area (TPSA) is 156 Å². The molecule has 0 saturated heterocycles. The second-order valence-electron chi connectivity index (χ2n) is 9.45. The fourth-order valence-electron chi connectivity index (χ4n) is 3.56. The molecule has 0 fully saturated rings. The Morgan fingerprint density at radius 3 is 1.07 bits per heavy atom. The van der Waals surface area contributed by atoms with E-state index in [-0.39, 0.29) is 4.90 Å². The molecule has 45 heavy (non-hydrogen) atoms. The summed E-state index contributed by atoms with van der Waals surface area (Å²) in [6.45, 7) is 12.0. The maximum atomic E-state index is 11.5. The summed E-state index contributed by atoms with van der Waals surface area (Å²) in [5.74, 6) is 0. The lowest BCUT2D eigenvalue weighted by molar-refractivity contribution is -0.0270. The molecule has 14 nitrogen and oxygen atoms in total. The molecule has 1 rings (SSSR count). The lowest BCUT2D eigenvalue weighted by Gasteiger charge is -2.10. The smallest absolute Gasteiger partial charge is 0.294 e. The van der Waals surface area contributed by atoms with E-state index in [1.54, 1.807) is 19.2 Å². The van der Waals surface area contributed by atoms with Crippen molar-refractivity contribution in [1.82, 2.24) is 0 Å². The molecule has 0 aliphatic carbocycles. The van der Waals surface area contributed by atoms with Gasteiger partial charge in [0.2, 0.25) is 0 Å². The summed E-state index contributed by atoms with van der Waals surface area (Å²) in [5, 5.41) is 0. The lowest BCUT2D eigenvalue weighted by Crippen LogP contribution is -2.15. The van der Waals surface area contributed by atoms with Crippen LogP contribution in [0, 0.1) is 6.92 Å². The highest BCUT2D eigenvalue weighted by Gasteiger charge is 2.15. The van der Waals surface area contributed by atoms with Gasteiger partial charge >= 0.3 is 0 Å². The normalized spacial score (nSPS) is 11.9. The number of rotatable bonds is 34. The molecule has 0 aromatic heterocycles. The van der Waals surface area contributed by atoms with Crippen molar-refractivity contribution in [2.45, 2.75) is 18.2 Å². The molecule has 0 spiro atoms. The molecule has 0 aliphatic rings. The highest BCUT2D eigenvalue weighted by Crippen LogP contribution is 2.18. The van der Waals surface area contributed by atoms with Crippen molar-refractivity contribution in [1.29, 1.82) is 0 Å². The molecular weight excluding hydrogens is 616 g/mol. The maximum Gasteiger partial charge on any atom is 0.294 e. The third-order valence-electron chi connectivity index (χ3n) is 5.79. The largest absolute Gasteiger partial charge is 0.382 e. The van der Waals surface area contributed by atoms with Gasteiger partial charge in [-0.25, -0.2) is 0 Å². The molecule has 0 heterocycles. The van der Waals surface area contributed by atoms with Gasteiger partial charge < -0.3 is 52.1 Å². The minimum atomic E-state index is -4.26. The van der Waals surface area contributed by atoms with Gasteiger partial charge in [-0.05, 0) is 25.0 Å². The molecule has 0 unspecified atom stereocenters. The van der Waals surface area contributed by atoms with Crippen LogP contribution in [0.15, 0.2) is 23.1 Å². The number of ether oxygens (including phenoxy) is 11. The van der Waals surface area contributed by atoms with E-state index >= 15 is 0 Å². The van der Waals surface area contributed by atoms with Gasteiger partial charge in [-0.15, -0.1) is 0 Å². The average Bonchev–Trinajstić information content (AvgIpc) is 3.01.